The Morgan fingerprint density at radius 2 is 1.77 bits per heavy atom. The molecule has 0 bridgehead atoms. The van der Waals surface area contributed by atoms with Gasteiger partial charge in [0, 0.05) is 13.3 Å². The summed E-state index contributed by atoms with van der Waals surface area (Å²) in [6.45, 7) is 0.291. The Kier molecular flexibility index (Phi) is 5.38. The standard InChI is InChI=1S/C19H20N2O3S2/c1-21(13-18-20-15-10-6-7-11-16(15)25-18)19(22)17(26(2,23)24)12-14-8-4-3-5-9-14/h3-11,17H,12-13H2,1-2H3. The number of carbonyl (C=O) groups is 1. The number of nitrogens with zero attached hydrogens (tertiary/aromatic N) is 2. The lowest BCUT2D eigenvalue weighted by Crippen LogP contribution is -2.41. The molecule has 0 fully saturated rings. The number of aromatic nitrogens is 1. The minimum atomic E-state index is -3.53. The van der Waals surface area contributed by atoms with E-state index in [1.54, 1.807) is 7.05 Å². The van der Waals surface area contributed by atoms with E-state index in [1.165, 1.54) is 16.2 Å². The van der Waals surface area contributed by atoms with E-state index in [4.69, 9.17) is 0 Å². The molecule has 0 spiro atoms. The van der Waals surface area contributed by atoms with Crippen molar-refractivity contribution in [3.8, 4) is 0 Å². The summed E-state index contributed by atoms with van der Waals surface area (Å²) in [5.41, 5.74) is 1.71. The fourth-order valence-electron chi connectivity index (χ4n) is 2.76. The summed E-state index contributed by atoms with van der Waals surface area (Å²) in [4.78, 5) is 18.8. The van der Waals surface area contributed by atoms with E-state index in [1.807, 2.05) is 54.6 Å². The highest BCUT2D eigenvalue weighted by molar-refractivity contribution is 7.92. The molecule has 0 aliphatic carbocycles. The molecule has 0 saturated heterocycles. The van der Waals surface area contributed by atoms with E-state index in [-0.39, 0.29) is 6.42 Å². The Bertz CT molecular complexity index is 980. The SMILES string of the molecule is CN(Cc1nc2ccccc2s1)C(=O)C(Cc1ccccc1)S(C)(=O)=O. The molecule has 2 aromatic carbocycles. The molecule has 0 aliphatic rings. The van der Waals surface area contributed by atoms with Gasteiger partial charge in [-0.15, -0.1) is 11.3 Å². The number of carbonyl (C=O) groups excluding carboxylic acids is 1. The van der Waals surface area contributed by atoms with Gasteiger partial charge in [0.1, 0.15) is 10.3 Å². The maximum Gasteiger partial charge on any atom is 0.241 e. The highest BCUT2D eigenvalue weighted by atomic mass is 32.2. The highest BCUT2D eigenvalue weighted by Gasteiger charge is 2.31. The molecular formula is C19H20N2O3S2. The molecule has 1 aromatic heterocycles. The summed E-state index contributed by atoms with van der Waals surface area (Å²) in [6, 6.07) is 17.0. The van der Waals surface area contributed by atoms with Crippen LogP contribution in [0.15, 0.2) is 54.6 Å². The maximum absolute atomic E-state index is 12.8. The van der Waals surface area contributed by atoms with Crippen LogP contribution in [-0.4, -0.2) is 42.8 Å². The van der Waals surface area contributed by atoms with Crippen molar-refractivity contribution >= 4 is 37.3 Å². The van der Waals surface area contributed by atoms with Gasteiger partial charge in [0.05, 0.1) is 16.8 Å². The normalized spacial score (nSPS) is 12.8. The van der Waals surface area contributed by atoms with Crippen molar-refractivity contribution in [3.05, 3.63) is 65.2 Å². The van der Waals surface area contributed by atoms with Gasteiger partial charge < -0.3 is 4.90 Å². The van der Waals surface area contributed by atoms with Gasteiger partial charge in [0.25, 0.3) is 0 Å². The first-order valence-electron chi connectivity index (χ1n) is 8.17. The topological polar surface area (TPSA) is 67.3 Å². The van der Waals surface area contributed by atoms with E-state index >= 15 is 0 Å². The molecule has 26 heavy (non-hydrogen) atoms. The summed E-state index contributed by atoms with van der Waals surface area (Å²) >= 11 is 1.51. The average molecular weight is 389 g/mol. The van der Waals surface area contributed by atoms with Crippen LogP contribution >= 0.6 is 11.3 Å². The van der Waals surface area contributed by atoms with Crippen molar-refractivity contribution < 1.29 is 13.2 Å². The molecule has 1 amide bonds. The predicted octanol–water partition coefficient (Wildman–Crippen LogP) is 2.91. The number of hydrogen-bond acceptors (Lipinski definition) is 5. The monoisotopic (exact) mass is 388 g/mol. The Morgan fingerprint density at radius 1 is 1.12 bits per heavy atom. The smallest absolute Gasteiger partial charge is 0.241 e. The van der Waals surface area contributed by atoms with E-state index < -0.39 is 21.0 Å². The molecule has 1 heterocycles. The van der Waals surface area contributed by atoms with Crippen LogP contribution in [-0.2, 0) is 27.6 Å². The van der Waals surface area contributed by atoms with Crippen molar-refractivity contribution in [2.24, 2.45) is 0 Å². The second kappa shape index (κ2) is 7.55. The van der Waals surface area contributed by atoms with Crippen molar-refractivity contribution in [1.82, 2.24) is 9.88 Å². The zero-order valence-corrected chi connectivity index (χ0v) is 16.3. The number of fused-ring (bicyclic) bond motifs is 1. The number of sulfone groups is 1. The van der Waals surface area contributed by atoms with E-state index in [9.17, 15) is 13.2 Å². The third kappa shape index (κ3) is 4.28. The van der Waals surface area contributed by atoms with Crippen molar-refractivity contribution in [2.45, 2.75) is 18.2 Å². The molecule has 0 N–H and O–H groups in total. The Hall–Kier alpha value is -2.25. The number of rotatable bonds is 6. The van der Waals surface area contributed by atoms with Crippen LogP contribution in [0.5, 0.6) is 0 Å². The average Bonchev–Trinajstić information content (AvgIpc) is 3.01. The van der Waals surface area contributed by atoms with Crippen LogP contribution in [0.1, 0.15) is 10.6 Å². The Morgan fingerprint density at radius 3 is 2.42 bits per heavy atom. The minimum absolute atomic E-state index is 0.169. The quantitative estimate of drug-likeness (QED) is 0.651. The largest absolute Gasteiger partial charge is 0.338 e. The predicted molar refractivity (Wildman–Crippen MR) is 105 cm³/mol. The zero-order valence-electron chi connectivity index (χ0n) is 14.6. The number of benzene rings is 2. The number of hydrogen-bond donors (Lipinski definition) is 0. The van der Waals surface area contributed by atoms with Crippen LogP contribution < -0.4 is 0 Å². The minimum Gasteiger partial charge on any atom is -0.338 e. The number of amides is 1. The summed E-state index contributed by atoms with van der Waals surface area (Å²) in [5, 5.41) is -0.307. The van der Waals surface area contributed by atoms with E-state index in [0.717, 1.165) is 27.0 Å². The summed E-state index contributed by atoms with van der Waals surface area (Å²) in [6.07, 6.45) is 1.28. The first kappa shape index (κ1) is 18.5. The van der Waals surface area contributed by atoms with Crippen molar-refractivity contribution in [2.75, 3.05) is 13.3 Å². The first-order valence-corrected chi connectivity index (χ1v) is 10.9. The molecule has 136 valence electrons. The molecule has 0 aliphatic heterocycles. The lowest BCUT2D eigenvalue weighted by Gasteiger charge is -2.22. The zero-order chi connectivity index (χ0) is 18.7. The van der Waals surface area contributed by atoms with Crippen LogP contribution in [0.4, 0.5) is 0 Å². The molecular weight excluding hydrogens is 368 g/mol. The van der Waals surface area contributed by atoms with Crippen molar-refractivity contribution in [3.63, 3.8) is 0 Å². The number of para-hydroxylation sites is 1. The van der Waals surface area contributed by atoms with Gasteiger partial charge >= 0.3 is 0 Å². The van der Waals surface area contributed by atoms with Crippen LogP contribution in [0.3, 0.4) is 0 Å². The van der Waals surface area contributed by atoms with Gasteiger partial charge in [-0.3, -0.25) is 4.79 Å². The summed E-state index contributed by atoms with van der Waals surface area (Å²) < 4.78 is 25.5. The second-order valence-electron chi connectivity index (χ2n) is 6.28. The van der Waals surface area contributed by atoms with Crippen molar-refractivity contribution in [1.29, 1.82) is 0 Å². The molecule has 3 aromatic rings. The van der Waals surface area contributed by atoms with Gasteiger partial charge in [0.2, 0.25) is 5.91 Å². The molecule has 5 nitrogen and oxygen atoms in total. The first-order chi connectivity index (χ1) is 12.3. The molecule has 1 atom stereocenters. The van der Waals surface area contributed by atoms with Gasteiger partial charge in [-0.25, -0.2) is 13.4 Å². The summed E-state index contributed by atoms with van der Waals surface area (Å²) in [5.74, 6) is -0.407. The summed E-state index contributed by atoms with van der Waals surface area (Å²) in [7, 11) is -1.91. The van der Waals surface area contributed by atoms with E-state index in [0.29, 0.717) is 6.54 Å². The van der Waals surface area contributed by atoms with Crippen LogP contribution in [0.2, 0.25) is 0 Å². The molecule has 3 rings (SSSR count). The van der Waals surface area contributed by atoms with E-state index in [2.05, 4.69) is 4.98 Å². The molecule has 0 saturated carbocycles. The third-order valence-corrected chi connectivity index (χ3v) is 6.57. The Labute approximate surface area is 157 Å². The molecule has 7 heteroatoms. The molecule has 0 radical (unpaired) electrons. The van der Waals surface area contributed by atoms with Gasteiger partial charge in [0.15, 0.2) is 9.84 Å². The maximum atomic E-state index is 12.8. The second-order valence-corrected chi connectivity index (χ2v) is 9.62. The molecule has 1 unspecified atom stereocenters. The van der Waals surface area contributed by atoms with Gasteiger partial charge in [-0.05, 0) is 24.1 Å². The lowest BCUT2D eigenvalue weighted by molar-refractivity contribution is -0.129. The van der Waals surface area contributed by atoms with Gasteiger partial charge in [-0.2, -0.15) is 0 Å². The third-order valence-electron chi connectivity index (χ3n) is 4.14. The Balaban J connectivity index is 1.79. The fraction of sp³-hybridized carbons (Fsp3) is 0.263. The fourth-order valence-corrected chi connectivity index (χ4v) is 4.83. The van der Waals surface area contributed by atoms with Gasteiger partial charge in [-0.1, -0.05) is 42.5 Å². The van der Waals surface area contributed by atoms with Crippen LogP contribution in [0, 0.1) is 0 Å². The lowest BCUT2D eigenvalue weighted by atomic mass is 10.1. The van der Waals surface area contributed by atoms with Crippen LogP contribution in [0.25, 0.3) is 10.2 Å². The number of thiazole rings is 1. The highest BCUT2D eigenvalue weighted by Crippen LogP contribution is 2.23.